The molecule has 0 aliphatic carbocycles. The number of carbonyl (C=O) groups is 8. The number of piperazine rings is 1. The van der Waals surface area contributed by atoms with Gasteiger partial charge in [0.2, 0.25) is 11.8 Å². The number of esters is 6. The Kier molecular flexibility index (Phi) is 65.3. The fourth-order valence-corrected chi connectivity index (χ4v) is 12.4. The third-order valence-corrected chi connectivity index (χ3v) is 18.9. The number of rotatable bonds is 74. The number of hydrogen-bond acceptors (Lipinski definition) is 16. The summed E-state index contributed by atoms with van der Waals surface area (Å²) in [6.07, 6.45) is 58.3. The topological polar surface area (TPSA) is 222 Å². The van der Waals surface area contributed by atoms with E-state index < -0.39 is 49.1 Å². The zero-order valence-corrected chi connectivity index (χ0v) is 63.4. The molecule has 1 aliphatic heterocycles. The van der Waals surface area contributed by atoms with Gasteiger partial charge >= 0.3 is 35.8 Å². The van der Waals surface area contributed by atoms with Gasteiger partial charge in [-0.2, -0.15) is 0 Å². The number of nitrogens with zero attached hydrogens (tertiary/aromatic N) is 2. The van der Waals surface area contributed by atoms with Gasteiger partial charge in [0.15, 0.2) is 0 Å². The molecule has 0 saturated carbocycles. The van der Waals surface area contributed by atoms with Gasteiger partial charge in [-0.1, -0.05) is 310 Å². The van der Waals surface area contributed by atoms with Crippen molar-refractivity contribution in [1.29, 1.82) is 0 Å². The number of hydrogen-bond donors (Lipinski definition) is 2. The Bertz CT molecular complexity index is 1720. The van der Waals surface area contributed by atoms with Crippen LogP contribution < -0.4 is 10.6 Å². The smallest absolute Gasteiger partial charge is 0.307 e. The van der Waals surface area contributed by atoms with E-state index in [-0.39, 0.29) is 102 Å². The second kappa shape index (κ2) is 69.8. The summed E-state index contributed by atoms with van der Waals surface area (Å²) < 4.78 is 33.2. The number of amides is 2. The Morgan fingerprint density at radius 3 is 0.571 bits per heavy atom. The molecule has 1 fully saturated rings. The SMILES string of the molecule is CCCCCCCCCCCCCCOC(=O)CCN(CCC(=O)OCCCCCCCCCCCCCC)CCC(=O)OCC1NC(=O)C(COC(=O)CCN(CCC(=O)OCCCCCCCCCCCCCC)CCC(=O)OCCCCCCCCCCCCCC)NC1=O. The standard InChI is InChI=1S/C80H148N4O14/c1-5-9-13-17-21-25-29-33-37-41-45-49-65-93-73(85)53-59-83(60-54-74(86)94-66-50-46-42-38-34-30-26-22-18-14-10-6-2)63-57-77(89)97-69-71-79(91)82-72(80(92)81-71)70-98-78(90)58-64-84(61-55-75(87)95-67-51-47-43-39-35-31-27-23-19-15-11-7-3)62-56-76(88)96-68-52-48-44-40-36-32-28-24-20-16-12-8-4/h71-72H,5-70H2,1-4H3,(H,81,92)(H,82,91). The van der Waals surface area contributed by atoms with E-state index in [4.69, 9.17) is 28.4 Å². The maximum Gasteiger partial charge on any atom is 0.307 e. The molecule has 1 aliphatic rings. The maximum atomic E-state index is 13.2. The van der Waals surface area contributed by atoms with E-state index >= 15 is 0 Å². The van der Waals surface area contributed by atoms with E-state index in [0.29, 0.717) is 26.4 Å². The minimum absolute atomic E-state index is 0.0830. The average Bonchev–Trinajstić information content (AvgIpc) is 0.853. The lowest BCUT2D eigenvalue weighted by Crippen LogP contribution is -2.64. The molecule has 0 aromatic rings. The first kappa shape index (κ1) is 91.7. The molecular formula is C80H148N4O14. The van der Waals surface area contributed by atoms with Crippen LogP contribution in [-0.4, -0.2) is 148 Å². The number of carbonyl (C=O) groups excluding carboxylic acids is 8. The molecule has 18 nitrogen and oxygen atoms in total. The van der Waals surface area contributed by atoms with Crippen LogP contribution in [0.2, 0.25) is 0 Å². The van der Waals surface area contributed by atoms with Crippen molar-refractivity contribution in [3.05, 3.63) is 0 Å². The molecule has 98 heavy (non-hydrogen) atoms. The van der Waals surface area contributed by atoms with Crippen molar-refractivity contribution in [2.75, 3.05) is 78.9 Å². The van der Waals surface area contributed by atoms with Gasteiger partial charge in [0.05, 0.1) is 65.0 Å². The summed E-state index contributed by atoms with van der Waals surface area (Å²) in [4.78, 5) is 108. The normalized spacial score (nSPS) is 13.8. The van der Waals surface area contributed by atoms with Crippen LogP contribution in [0.5, 0.6) is 0 Å². The third-order valence-electron chi connectivity index (χ3n) is 18.9. The van der Waals surface area contributed by atoms with Crippen molar-refractivity contribution in [3.63, 3.8) is 0 Å². The summed E-state index contributed by atoms with van der Waals surface area (Å²) in [6, 6.07) is -2.37. The van der Waals surface area contributed by atoms with Gasteiger partial charge in [-0.3, -0.25) is 38.4 Å². The Morgan fingerprint density at radius 2 is 0.398 bits per heavy atom. The van der Waals surface area contributed by atoms with Crippen LogP contribution in [0, 0.1) is 0 Å². The average molecular weight is 1390 g/mol. The van der Waals surface area contributed by atoms with Gasteiger partial charge in [-0.25, -0.2) is 0 Å². The van der Waals surface area contributed by atoms with Crippen LogP contribution in [0.25, 0.3) is 0 Å². The number of nitrogens with one attached hydrogen (secondary N) is 2. The lowest BCUT2D eigenvalue weighted by Gasteiger charge is -2.29. The van der Waals surface area contributed by atoms with Gasteiger partial charge in [0.1, 0.15) is 25.3 Å². The van der Waals surface area contributed by atoms with Crippen molar-refractivity contribution in [2.45, 2.75) is 387 Å². The third kappa shape index (κ3) is 60.4. The second-order valence-electron chi connectivity index (χ2n) is 28.1. The van der Waals surface area contributed by atoms with E-state index in [0.717, 1.165) is 77.0 Å². The Balaban J connectivity index is 2.66. The lowest BCUT2D eigenvalue weighted by atomic mass is 10.1. The fraction of sp³-hybridized carbons (Fsp3) is 0.900. The Labute approximate surface area is 597 Å². The predicted molar refractivity (Wildman–Crippen MR) is 395 cm³/mol. The van der Waals surface area contributed by atoms with Gasteiger partial charge < -0.3 is 48.9 Å². The van der Waals surface area contributed by atoms with Crippen LogP contribution >= 0.6 is 0 Å². The van der Waals surface area contributed by atoms with Crippen molar-refractivity contribution >= 4 is 47.6 Å². The first-order valence-corrected chi connectivity index (χ1v) is 40.9. The summed E-state index contributed by atoms with van der Waals surface area (Å²) in [6.45, 7) is 10.9. The zero-order chi connectivity index (χ0) is 71.3. The number of unbranched alkanes of at least 4 members (excludes halogenated alkanes) is 44. The molecule has 1 heterocycles. The summed E-state index contributed by atoms with van der Waals surface area (Å²) in [7, 11) is 0. The Hall–Kier alpha value is -4.32. The van der Waals surface area contributed by atoms with Crippen LogP contribution in [-0.2, 0) is 66.8 Å². The van der Waals surface area contributed by atoms with Gasteiger partial charge in [0.25, 0.3) is 0 Å². The molecule has 18 heteroatoms. The summed E-state index contributed by atoms with van der Waals surface area (Å²) in [5, 5.41) is 5.14. The van der Waals surface area contributed by atoms with Crippen LogP contribution in [0.3, 0.4) is 0 Å². The highest BCUT2D eigenvalue weighted by molar-refractivity contribution is 5.97. The maximum absolute atomic E-state index is 13.2. The van der Waals surface area contributed by atoms with E-state index in [1.54, 1.807) is 0 Å². The molecule has 2 atom stereocenters. The molecule has 2 N–H and O–H groups in total. The minimum Gasteiger partial charge on any atom is -0.466 e. The molecule has 0 aromatic carbocycles. The second-order valence-corrected chi connectivity index (χ2v) is 28.1. The van der Waals surface area contributed by atoms with Crippen LogP contribution in [0.4, 0.5) is 0 Å². The largest absolute Gasteiger partial charge is 0.466 e. The first-order valence-electron chi connectivity index (χ1n) is 40.9. The molecule has 2 amide bonds. The molecule has 0 bridgehead atoms. The molecular weight excluding hydrogens is 1240 g/mol. The van der Waals surface area contributed by atoms with Gasteiger partial charge in [-0.05, 0) is 25.7 Å². The van der Waals surface area contributed by atoms with Crippen molar-refractivity contribution in [1.82, 2.24) is 20.4 Å². The molecule has 1 saturated heterocycles. The molecule has 0 aromatic heterocycles. The monoisotopic (exact) mass is 1390 g/mol. The van der Waals surface area contributed by atoms with E-state index in [2.05, 4.69) is 38.3 Å². The quantitative estimate of drug-likeness (QED) is 0.0328. The number of ether oxygens (including phenoxy) is 6. The summed E-state index contributed by atoms with van der Waals surface area (Å²) in [5.74, 6) is -3.88. The molecule has 2 unspecified atom stereocenters. The van der Waals surface area contributed by atoms with Gasteiger partial charge in [-0.15, -0.1) is 0 Å². The summed E-state index contributed by atoms with van der Waals surface area (Å²) >= 11 is 0. The first-order chi connectivity index (χ1) is 47.9. The molecule has 572 valence electrons. The molecule has 1 rings (SSSR count). The molecule has 0 radical (unpaired) electrons. The van der Waals surface area contributed by atoms with Gasteiger partial charge in [0, 0.05) is 39.3 Å². The van der Waals surface area contributed by atoms with Crippen molar-refractivity contribution < 1.29 is 66.8 Å². The lowest BCUT2D eigenvalue weighted by molar-refractivity contribution is -0.152. The van der Waals surface area contributed by atoms with Crippen molar-refractivity contribution in [3.8, 4) is 0 Å². The highest BCUT2D eigenvalue weighted by Crippen LogP contribution is 2.17. The zero-order valence-electron chi connectivity index (χ0n) is 63.4. The van der Waals surface area contributed by atoms with E-state index in [9.17, 15) is 38.4 Å². The van der Waals surface area contributed by atoms with Crippen LogP contribution in [0.15, 0.2) is 0 Å². The highest BCUT2D eigenvalue weighted by Gasteiger charge is 2.35. The Morgan fingerprint density at radius 1 is 0.245 bits per heavy atom. The predicted octanol–water partition coefficient (Wildman–Crippen LogP) is 18.0. The minimum atomic E-state index is -1.18. The molecule has 0 spiro atoms. The van der Waals surface area contributed by atoms with E-state index in [1.165, 1.54) is 231 Å². The fourth-order valence-electron chi connectivity index (χ4n) is 12.4. The highest BCUT2D eigenvalue weighted by atomic mass is 16.6. The summed E-state index contributed by atoms with van der Waals surface area (Å²) in [5.41, 5.74) is 0. The van der Waals surface area contributed by atoms with E-state index in [1.807, 2.05) is 9.80 Å². The van der Waals surface area contributed by atoms with Crippen LogP contribution in [0.1, 0.15) is 374 Å². The van der Waals surface area contributed by atoms with Crippen molar-refractivity contribution in [2.24, 2.45) is 0 Å².